The number of aliphatic imine (C=N–C) groups is 1. The number of ether oxygens (including phenoxy) is 1. The van der Waals surface area contributed by atoms with Crippen LogP contribution in [0.3, 0.4) is 0 Å². The molecule has 0 bridgehead atoms. The van der Waals surface area contributed by atoms with Crippen molar-refractivity contribution >= 4 is 27.3 Å². The Balaban J connectivity index is 1.79. The lowest BCUT2D eigenvalue weighted by Crippen LogP contribution is -2.41. The van der Waals surface area contributed by atoms with Crippen LogP contribution < -0.4 is 20.1 Å². The van der Waals surface area contributed by atoms with Gasteiger partial charge in [0.15, 0.2) is 5.96 Å². The van der Waals surface area contributed by atoms with E-state index in [1.54, 1.807) is 30.6 Å². The highest BCUT2D eigenvalue weighted by Gasteiger charge is 2.13. The van der Waals surface area contributed by atoms with Crippen molar-refractivity contribution in [2.24, 2.45) is 4.99 Å². The first kappa shape index (κ1) is 20.9. The summed E-state index contributed by atoms with van der Waals surface area (Å²) < 4.78 is 32.6. The summed E-state index contributed by atoms with van der Waals surface area (Å²) in [6.07, 6.45) is 1.70. The third-order valence-electron chi connectivity index (χ3n) is 3.47. The molecule has 0 atom stereocenters. The third kappa shape index (κ3) is 6.70. The van der Waals surface area contributed by atoms with E-state index in [4.69, 9.17) is 4.74 Å². The number of nitrogens with one attached hydrogen (secondary N) is 3. The molecule has 1 aromatic heterocycles. The average molecular weight is 409 g/mol. The molecule has 0 fully saturated rings. The number of hydrogen-bond donors (Lipinski definition) is 3. The van der Waals surface area contributed by atoms with Crippen LogP contribution >= 0.6 is 11.3 Å². The van der Waals surface area contributed by atoms with Crippen LogP contribution in [0.2, 0.25) is 0 Å². The Bertz CT molecular complexity index is 849. The number of nitrogens with zero attached hydrogens (tertiary/aromatic N) is 1. The molecule has 7 nitrogen and oxygen atoms in total. The van der Waals surface area contributed by atoms with Crippen molar-refractivity contribution in [3.63, 3.8) is 0 Å². The minimum absolute atomic E-state index is 0.250. The van der Waals surface area contributed by atoms with Crippen LogP contribution in [0.25, 0.3) is 0 Å². The van der Waals surface area contributed by atoms with Crippen LogP contribution in [0.1, 0.15) is 5.56 Å². The lowest BCUT2D eigenvalue weighted by molar-refractivity contribution is 0.358. The fourth-order valence-corrected chi connectivity index (χ4v) is 4.26. The minimum Gasteiger partial charge on any atom is -0.489 e. The maximum Gasteiger partial charge on any atom is 0.250 e. The molecule has 27 heavy (non-hydrogen) atoms. The molecule has 0 saturated heterocycles. The van der Waals surface area contributed by atoms with Crippen LogP contribution in [0, 0.1) is 0 Å². The van der Waals surface area contributed by atoms with Gasteiger partial charge in [-0.05, 0) is 17.5 Å². The van der Waals surface area contributed by atoms with Crippen molar-refractivity contribution in [3.8, 4) is 5.75 Å². The Hall–Kier alpha value is -2.36. The summed E-state index contributed by atoms with van der Waals surface area (Å²) in [5, 5.41) is 8.00. The third-order valence-corrected chi connectivity index (χ3v) is 6.33. The summed E-state index contributed by atoms with van der Waals surface area (Å²) in [7, 11) is -1.79. The summed E-state index contributed by atoms with van der Waals surface area (Å²) in [6, 6.07) is 11.0. The molecular weight excluding hydrogens is 384 g/mol. The van der Waals surface area contributed by atoms with Crippen LogP contribution in [0.15, 0.2) is 63.6 Å². The predicted molar refractivity (Wildman–Crippen MR) is 110 cm³/mol. The first-order chi connectivity index (χ1) is 13.1. The summed E-state index contributed by atoms with van der Waals surface area (Å²) in [5.41, 5.74) is 0.987. The summed E-state index contributed by atoms with van der Waals surface area (Å²) in [4.78, 5) is 4.14. The number of rotatable bonds is 10. The molecule has 9 heteroatoms. The van der Waals surface area contributed by atoms with Gasteiger partial charge >= 0.3 is 0 Å². The monoisotopic (exact) mass is 408 g/mol. The first-order valence-corrected chi connectivity index (χ1v) is 10.7. The van der Waals surface area contributed by atoms with Crippen LogP contribution in [-0.2, 0) is 16.6 Å². The lowest BCUT2D eigenvalue weighted by atomic mass is 10.2. The quantitative estimate of drug-likeness (QED) is 0.242. The molecule has 146 valence electrons. The second kappa shape index (κ2) is 10.7. The number of benzene rings is 1. The van der Waals surface area contributed by atoms with Gasteiger partial charge in [0.2, 0.25) is 10.0 Å². The Kier molecular flexibility index (Phi) is 8.31. The maximum absolute atomic E-state index is 12.0. The van der Waals surface area contributed by atoms with Gasteiger partial charge in [-0.15, -0.1) is 11.3 Å². The van der Waals surface area contributed by atoms with Gasteiger partial charge in [-0.1, -0.05) is 36.9 Å². The Morgan fingerprint density at radius 3 is 2.74 bits per heavy atom. The number of thiophene rings is 1. The van der Waals surface area contributed by atoms with Gasteiger partial charge in [-0.2, -0.15) is 0 Å². The van der Waals surface area contributed by atoms with Crippen molar-refractivity contribution in [3.05, 3.63) is 60.0 Å². The van der Waals surface area contributed by atoms with E-state index in [2.05, 4.69) is 26.9 Å². The van der Waals surface area contributed by atoms with Gasteiger partial charge in [0, 0.05) is 32.2 Å². The van der Waals surface area contributed by atoms with Crippen molar-refractivity contribution in [2.45, 2.75) is 10.8 Å². The molecule has 0 aliphatic heterocycles. The molecule has 0 spiro atoms. The van der Waals surface area contributed by atoms with E-state index in [-0.39, 0.29) is 6.54 Å². The minimum atomic E-state index is -3.45. The smallest absolute Gasteiger partial charge is 0.250 e. The summed E-state index contributed by atoms with van der Waals surface area (Å²) >= 11 is 1.19. The highest BCUT2D eigenvalue weighted by atomic mass is 32.2. The topological polar surface area (TPSA) is 91.8 Å². The van der Waals surface area contributed by atoms with Gasteiger partial charge in [0.25, 0.3) is 0 Å². The lowest BCUT2D eigenvalue weighted by Gasteiger charge is -2.14. The number of hydrogen-bond acceptors (Lipinski definition) is 5. The molecule has 3 N–H and O–H groups in total. The standard InChI is InChI=1S/C18H24N4O3S2/c1-3-12-25-16-8-5-4-7-15(16)14-21-18(19-2)20-10-11-22-27(23,24)17-9-6-13-26-17/h3-9,13,22H,1,10-12,14H2,2H3,(H2,19,20,21). The van der Waals surface area contributed by atoms with E-state index in [0.29, 0.717) is 29.9 Å². The summed E-state index contributed by atoms with van der Waals surface area (Å²) in [5.74, 6) is 1.35. The van der Waals surface area contributed by atoms with Crippen LogP contribution in [0.4, 0.5) is 0 Å². The fraction of sp³-hybridized carbons (Fsp3) is 0.278. The molecule has 0 amide bonds. The van der Waals surface area contributed by atoms with Crippen molar-refractivity contribution < 1.29 is 13.2 Å². The zero-order valence-corrected chi connectivity index (χ0v) is 16.8. The van der Waals surface area contributed by atoms with E-state index in [0.717, 1.165) is 11.3 Å². The molecule has 1 aromatic carbocycles. The Morgan fingerprint density at radius 1 is 1.22 bits per heavy atom. The molecule has 0 unspecified atom stereocenters. The number of guanidine groups is 1. The van der Waals surface area contributed by atoms with E-state index >= 15 is 0 Å². The van der Waals surface area contributed by atoms with Crippen molar-refractivity contribution in [1.29, 1.82) is 0 Å². The van der Waals surface area contributed by atoms with Gasteiger partial charge in [-0.3, -0.25) is 4.99 Å². The molecule has 0 radical (unpaired) electrons. The van der Waals surface area contributed by atoms with Gasteiger partial charge < -0.3 is 15.4 Å². The second-order valence-electron chi connectivity index (χ2n) is 5.39. The van der Waals surface area contributed by atoms with E-state index in [9.17, 15) is 8.42 Å². The summed E-state index contributed by atoms with van der Waals surface area (Å²) in [6.45, 7) is 5.26. The van der Waals surface area contributed by atoms with Crippen LogP contribution in [0.5, 0.6) is 5.75 Å². The van der Waals surface area contributed by atoms with Crippen LogP contribution in [-0.4, -0.2) is 41.1 Å². The number of para-hydroxylation sites is 1. The normalized spacial score (nSPS) is 11.8. The Labute approximate surface area is 164 Å². The molecule has 2 rings (SSSR count). The van der Waals surface area contributed by atoms with Crippen molar-refractivity contribution in [1.82, 2.24) is 15.4 Å². The molecule has 2 aromatic rings. The van der Waals surface area contributed by atoms with E-state index in [1.165, 1.54) is 11.3 Å². The molecular formula is C18H24N4O3S2. The highest BCUT2D eigenvalue weighted by Crippen LogP contribution is 2.17. The zero-order chi connectivity index (χ0) is 19.5. The molecule has 0 saturated carbocycles. The maximum atomic E-state index is 12.0. The first-order valence-electron chi connectivity index (χ1n) is 8.36. The Morgan fingerprint density at radius 2 is 2.04 bits per heavy atom. The fourth-order valence-electron chi connectivity index (χ4n) is 2.19. The van der Waals surface area contributed by atoms with Gasteiger partial charge in [0.1, 0.15) is 16.6 Å². The second-order valence-corrected chi connectivity index (χ2v) is 8.33. The van der Waals surface area contributed by atoms with Crippen molar-refractivity contribution in [2.75, 3.05) is 26.7 Å². The van der Waals surface area contributed by atoms with Gasteiger partial charge in [0.05, 0.1) is 0 Å². The largest absolute Gasteiger partial charge is 0.489 e. The molecule has 1 heterocycles. The van der Waals surface area contributed by atoms with E-state index < -0.39 is 10.0 Å². The SMILES string of the molecule is C=CCOc1ccccc1CNC(=NC)NCCNS(=O)(=O)c1cccs1. The average Bonchev–Trinajstić information content (AvgIpc) is 3.22. The zero-order valence-electron chi connectivity index (χ0n) is 15.1. The molecule has 0 aliphatic carbocycles. The highest BCUT2D eigenvalue weighted by molar-refractivity contribution is 7.91. The van der Waals surface area contributed by atoms with E-state index in [1.807, 2.05) is 24.3 Å². The predicted octanol–water partition coefficient (Wildman–Crippen LogP) is 1.96. The molecule has 0 aliphatic rings. The van der Waals surface area contributed by atoms with Gasteiger partial charge in [-0.25, -0.2) is 13.1 Å². The number of sulfonamides is 1.